The highest BCUT2D eigenvalue weighted by Crippen LogP contribution is 2.41. The third kappa shape index (κ3) is 2.64. The van der Waals surface area contributed by atoms with Crippen LogP contribution in [0.1, 0.15) is 50.5 Å². The average molecular weight is 294 g/mol. The molecule has 20 heavy (non-hydrogen) atoms. The number of Topliss-reactive ketones (excluding diaryl/α,β-unsaturated/α-hetero) is 1. The Kier molecular flexibility index (Phi) is 5.22. The number of piperidine rings is 1. The summed E-state index contributed by atoms with van der Waals surface area (Å²) < 4.78 is 0. The number of rotatable bonds is 2. The zero-order valence-electron chi connectivity index (χ0n) is 12.0. The van der Waals surface area contributed by atoms with E-state index in [4.69, 9.17) is 0 Å². The molecule has 1 saturated carbocycles. The van der Waals surface area contributed by atoms with Gasteiger partial charge in [-0.3, -0.25) is 9.69 Å². The summed E-state index contributed by atoms with van der Waals surface area (Å²) in [5.74, 6) is 0.451. The SMILES string of the molecule is Cl.O=C1CCCCC1(c1ccccc1)N1CCCCC1. The van der Waals surface area contributed by atoms with Crippen molar-refractivity contribution in [2.45, 2.75) is 50.5 Å². The molecule has 0 radical (unpaired) electrons. The van der Waals surface area contributed by atoms with E-state index in [9.17, 15) is 4.79 Å². The highest BCUT2D eigenvalue weighted by Gasteiger charge is 2.46. The molecule has 110 valence electrons. The number of ketones is 1. The van der Waals surface area contributed by atoms with Gasteiger partial charge in [0.1, 0.15) is 5.54 Å². The quantitative estimate of drug-likeness (QED) is 0.823. The summed E-state index contributed by atoms with van der Waals surface area (Å²) in [4.78, 5) is 15.3. The van der Waals surface area contributed by atoms with Crippen LogP contribution in [-0.4, -0.2) is 23.8 Å². The Hall–Kier alpha value is -0.860. The summed E-state index contributed by atoms with van der Waals surface area (Å²) in [6.07, 6.45) is 7.80. The molecule has 1 unspecified atom stereocenters. The van der Waals surface area contributed by atoms with Crippen molar-refractivity contribution in [2.24, 2.45) is 0 Å². The third-order valence-electron chi connectivity index (χ3n) is 4.80. The number of hydrogen-bond donors (Lipinski definition) is 0. The van der Waals surface area contributed by atoms with Crippen molar-refractivity contribution in [2.75, 3.05) is 13.1 Å². The van der Waals surface area contributed by atoms with Gasteiger partial charge in [0.05, 0.1) is 0 Å². The fourth-order valence-electron chi connectivity index (χ4n) is 3.82. The molecule has 0 amide bonds. The maximum atomic E-state index is 12.8. The van der Waals surface area contributed by atoms with E-state index in [0.29, 0.717) is 5.78 Å². The van der Waals surface area contributed by atoms with Gasteiger partial charge in [0.25, 0.3) is 0 Å². The number of halogens is 1. The van der Waals surface area contributed by atoms with Crippen LogP contribution in [0.4, 0.5) is 0 Å². The van der Waals surface area contributed by atoms with Crippen LogP contribution in [0.3, 0.4) is 0 Å². The van der Waals surface area contributed by atoms with Crippen molar-refractivity contribution in [3.8, 4) is 0 Å². The molecule has 3 rings (SSSR count). The van der Waals surface area contributed by atoms with Crippen molar-refractivity contribution in [1.29, 1.82) is 0 Å². The van der Waals surface area contributed by atoms with E-state index in [0.717, 1.165) is 32.4 Å². The Morgan fingerprint density at radius 1 is 0.900 bits per heavy atom. The number of likely N-dealkylation sites (tertiary alicyclic amines) is 1. The van der Waals surface area contributed by atoms with Gasteiger partial charge in [0, 0.05) is 6.42 Å². The average Bonchev–Trinajstić information content (AvgIpc) is 2.50. The summed E-state index contributed by atoms with van der Waals surface area (Å²) in [7, 11) is 0. The Balaban J connectivity index is 0.00000147. The lowest BCUT2D eigenvalue weighted by Gasteiger charge is -2.47. The van der Waals surface area contributed by atoms with Crippen molar-refractivity contribution in [3.63, 3.8) is 0 Å². The first-order chi connectivity index (χ1) is 9.34. The number of carbonyl (C=O) groups is 1. The molecule has 1 aromatic carbocycles. The number of carbonyl (C=O) groups excluding carboxylic acids is 1. The van der Waals surface area contributed by atoms with Gasteiger partial charge in [0.2, 0.25) is 0 Å². The van der Waals surface area contributed by atoms with Gasteiger partial charge in [-0.25, -0.2) is 0 Å². The monoisotopic (exact) mass is 293 g/mol. The molecule has 1 aromatic rings. The molecule has 3 heteroatoms. The van der Waals surface area contributed by atoms with E-state index in [1.165, 1.54) is 31.2 Å². The smallest absolute Gasteiger partial charge is 0.157 e. The standard InChI is InChI=1S/C17H23NO.ClH/c19-16-11-5-6-12-17(16,15-9-3-1-4-10-15)18-13-7-2-8-14-18;/h1,3-4,9-10H,2,5-8,11-14H2;1H. The van der Waals surface area contributed by atoms with E-state index >= 15 is 0 Å². The molecule has 1 saturated heterocycles. The van der Waals surface area contributed by atoms with Crippen LogP contribution in [0.5, 0.6) is 0 Å². The zero-order valence-corrected chi connectivity index (χ0v) is 12.8. The van der Waals surface area contributed by atoms with Crippen LogP contribution >= 0.6 is 12.4 Å². The Labute approximate surface area is 128 Å². The van der Waals surface area contributed by atoms with Crippen molar-refractivity contribution in [3.05, 3.63) is 35.9 Å². The first kappa shape index (κ1) is 15.5. The molecule has 1 heterocycles. The molecule has 0 spiro atoms. The Bertz CT molecular complexity index is 442. The predicted octanol–water partition coefficient (Wildman–Crippen LogP) is 3.93. The molecule has 1 atom stereocenters. The van der Waals surface area contributed by atoms with Gasteiger partial charge in [-0.15, -0.1) is 12.4 Å². The largest absolute Gasteiger partial charge is 0.297 e. The predicted molar refractivity (Wildman–Crippen MR) is 84.3 cm³/mol. The van der Waals surface area contributed by atoms with Gasteiger partial charge in [-0.05, 0) is 44.3 Å². The van der Waals surface area contributed by atoms with Gasteiger partial charge >= 0.3 is 0 Å². The summed E-state index contributed by atoms with van der Waals surface area (Å²) in [5.41, 5.74) is 0.918. The number of hydrogen-bond acceptors (Lipinski definition) is 2. The molecule has 1 aliphatic heterocycles. The highest BCUT2D eigenvalue weighted by atomic mass is 35.5. The summed E-state index contributed by atoms with van der Waals surface area (Å²) in [5, 5.41) is 0. The topological polar surface area (TPSA) is 20.3 Å². The summed E-state index contributed by atoms with van der Waals surface area (Å²) in [6.45, 7) is 2.17. The summed E-state index contributed by atoms with van der Waals surface area (Å²) >= 11 is 0. The lowest BCUT2D eigenvalue weighted by molar-refractivity contribution is -0.136. The second-order valence-corrected chi connectivity index (χ2v) is 5.90. The maximum Gasteiger partial charge on any atom is 0.157 e. The van der Waals surface area contributed by atoms with E-state index < -0.39 is 0 Å². The van der Waals surface area contributed by atoms with Crippen LogP contribution in [0.15, 0.2) is 30.3 Å². The second kappa shape index (κ2) is 6.73. The van der Waals surface area contributed by atoms with Crippen LogP contribution in [-0.2, 0) is 10.3 Å². The lowest BCUT2D eigenvalue weighted by atomic mass is 9.73. The Morgan fingerprint density at radius 2 is 1.60 bits per heavy atom. The van der Waals surface area contributed by atoms with Crippen LogP contribution < -0.4 is 0 Å². The molecule has 2 aliphatic rings. The normalized spacial score (nSPS) is 27.9. The molecule has 2 fully saturated rings. The molecule has 0 N–H and O–H groups in total. The molecular weight excluding hydrogens is 270 g/mol. The maximum absolute atomic E-state index is 12.8. The Morgan fingerprint density at radius 3 is 2.25 bits per heavy atom. The minimum absolute atomic E-state index is 0. The highest BCUT2D eigenvalue weighted by molar-refractivity contribution is 5.90. The summed E-state index contributed by atoms with van der Waals surface area (Å²) in [6, 6.07) is 10.5. The van der Waals surface area contributed by atoms with E-state index in [2.05, 4.69) is 29.2 Å². The first-order valence-electron chi connectivity index (χ1n) is 7.68. The molecule has 2 nitrogen and oxygen atoms in total. The van der Waals surface area contributed by atoms with E-state index in [1.54, 1.807) is 0 Å². The van der Waals surface area contributed by atoms with E-state index in [1.807, 2.05) is 6.07 Å². The molecule has 0 aromatic heterocycles. The van der Waals surface area contributed by atoms with Crippen molar-refractivity contribution in [1.82, 2.24) is 4.90 Å². The lowest BCUT2D eigenvalue weighted by Crippen LogP contribution is -2.55. The molecule has 0 bridgehead atoms. The van der Waals surface area contributed by atoms with E-state index in [-0.39, 0.29) is 17.9 Å². The van der Waals surface area contributed by atoms with Gasteiger partial charge in [-0.2, -0.15) is 0 Å². The van der Waals surface area contributed by atoms with Crippen LogP contribution in [0.2, 0.25) is 0 Å². The van der Waals surface area contributed by atoms with Gasteiger partial charge in [-0.1, -0.05) is 43.2 Å². The van der Waals surface area contributed by atoms with Crippen LogP contribution in [0, 0.1) is 0 Å². The minimum Gasteiger partial charge on any atom is -0.297 e. The fourth-order valence-corrected chi connectivity index (χ4v) is 3.82. The van der Waals surface area contributed by atoms with Gasteiger partial charge < -0.3 is 0 Å². The first-order valence-corrected chi connectivity index (χ1v) is 7.68. The molecular formula is C17H24ClNO. The number of benzene rings is 1. The minimum atomic E-state index is -0.306. The second-order valence-electron chi connectivity index (χ2n) is 5.90. The molecule has 1 aliphatic carbocycles. The zero-order chi connectivity index (χ0) is 13.1. The van der Waals surface area contributed by atoms with Crippen LogP contribution in [0.25, 0.3) is 0 Å². The third-order valence-corrected chi connectivity index (χ3v) is 4.80. The van der Waals surface area contributed by atoms with Gasteiger partial charge in [0.15, 0.2) is 5.78 Å². The number of nitrogens with zero attached hydrogens (tertiary/aromatic N) is 1. The van der Waals surface area contributed by atoms with Crippen molar-refractivity contribution >= 4 is 18.2 Å². The fraction of sp³-hybridized carbons (Fsp3) is 0.588. The van der Waals surface area contributed by atoms with Crippen molar-refractivity contribution < 1.29 is 4.79 Å².